The van der Waals surface area contributed by atoms with Crippen molar-refractivity contribution >= 4 is 13.7 Å². The van der Waals surface area contributed by atoms with Gasteiger partial charge in [0.15, 0.2) is 0 Å². The van der Waals surface area contributed by atoms with Crippen molar-refractivity contribution in [3.8, 4) is 0 Å². The molecule has 0 aliphatic carbocycles. The predicted octanol–water partition coefficient (Wildman–Crippen LogP) is 13.9. The third kappa shape index (κ3) is 43.5. The summed E-state index contributed by atoms with van der Waals surface area (Å²) in [6.07, 6.45) is 63.2. The standard InChI is InChI=1S/C51H89N2O6P/c1-3-5-7-9-11-13-15-17-19-21-23-25-27-29-31-33-35-37-39-41-43-45-51(55)53-49(48-59-60(56,57)58-47-46-52)50(54)44-42-40-38-36-34-32-30-28-26-24-22-20-18-16-14-12-10-8-6-4-2/h5,7,11,13,17,19,23,25-26,28-29,31,34,36,42,44,49-50,54H,3-4,6,8-10,12,14-16,18,20-22,24,27,30,32-33,35,37-41,43,45-48,52H2,1-2H3,(H,53,55)(H,56,57)/b7-5-,13-11-,19-17-,25-23-,28-26+,31-29-,36-34+,44-42+. The number of hydrogen-bond donors (Lipinski definition) is 4. The first-order chi connectivity index (χ1) is 29.4. The number of aliphatic hydroxyl groups is 1. The summed E-state index contributed by atoms with van der Waals surface area (Å²) in [6, 6.07) is -0.901. The summed E-state index contributed by atoms with van der Waals surface area (Å²) in [4.78, 5) is 22.8. The van der Waals surface area contributed by atoms with Crippen LogP contribution in [0.4, 0.5) is 0 Å². The quantitative estimate of drug-likeness (QED) is 0.0273. The van der Waals surface area contributed by atoms with Crippen molar-refractivity contribution in [1.29, 1.82) is 0 Å². The second-order valence-corrected chi connectivity index (χ2v) is 17.0. The number of carbonyl (C=O) groups is 1. The molecular weight excluding hydrogens is 768 g/mol. The molecule has 60 heavy (non-hydrogen) atoms. The molecule has 1 amide bonds. The van der Waals surface area contributed by atoms with E-state index in [9.17, 15) is 19.4 Å². The van der Waals surface area contributed by atoms with Crippen molar-refractivity contribution in [3.05, 3.63) is 97.2 Å². The third-order valence-corrected chi connectivity index (χ3v) is 10.9. The molecule has 0 aromatic rings. The normalized spacial score (nSPS) is 14.8. The number of phosphoric acid groups is 1. The van der Waals surface area contributed by atoms with Gasteiger partial charge in [0.2, 0.25) is 5.91 Å². The van der Waals surface area contributed by atoms with Crippen LogP contribution in [0.5, 0.6) is 0 Å². The molecule has 0 aromatic heterocycles. The number of amides is 1. The van der Waals surface area contributed by atoms with Crippen LogP contribution in [0.25, 0.3) is 0 Å². The van der Waals surface area contributed by atoms with Crippen molar-refractivity contribution in [2.24, 2.45) is 5.73 Å². The first-order valence-electron chi connectivity index (χ1n) is 23.9. The molecule has 3 unspecified atom stereocenters. The fourth-order valence-corrected chi connectivity index (χ4v) is 7.07. The number of allylic oxidation sites excluding steroid dienone is 15. The van der Waals surface area contributed by atoms with Gasteiger partial charge in [0.1, 0.15) is 0 Å². The molecule has 0 aliphatic rings. The molecule has 0 fully saturated rings. The van der Waals surface area contributed by atoms with Crippen LogP contribution >= 0.6 is 7.82 Å². The van der Waals surface area contributed by atoms with E-state index in [-0.39, 0.29) is 25.7 Å². The highest BCUT2D eigenvalue weighted by atomic mass is 31.2. The lowest BCUT2D eigenvalue weighted by Gasteiger charge is -2.23. The number of carbonyl (C=O) groups excluding carboxylic acids is 1. The summed E-state index contributed by atoms with van der Waals surface area (Å²) in [7, 11) is -4.37. The van der Waals surface area contributed by atoms with Crippen LogP contribution in [0.1, 0.15) is 187 Å². The Morgan fingerprint density at radius 3 is 1.48 bits per heavy atom. The molecule has 0 spiro atoms. The summed E-state index contributed by atoms with van der Waals surface area (Å²) in [6.45, 7) is 3.96. The van der Waals surface area contributed by atoms with E-state index in [1.165, 1.54) is 70.6 Å². The van der Waals surface area contributed by atoms with Crippen molar-refractivity contribution in [3.63, 3.8) is 0 Å². The summed E-state index contributed by atoms with van der Waals surface area (Å²) < 4.78 is 22.2. The van der Waals surface area contributed by atoms with Crippen LogP contribution in [0.3, 0.4) is 0 Å². The van der Waals surface area contributed by atoms with Gasteiger partial charge in [-0.2, -0.15) is 0 Å². The number of aliphatic hydroxyl groups excluding tert-OH is 1. The zero-order valence-electron chi connectivity index (χ0n) is 38.2. The van der Waals surface area contributed by atoms with Gasteiger partial charge in [-0.15, -0.1) is 0 Å². The largest absolute Gasteiger partial charge is 0.472 e. The molecule has 3 atom stereocenters. The van der Waals surface area contributed by atoms with Gasteiger partial charge in [0.25, 0.3) is 0 Å². The fraction of sp³-hybridized carbons (Fsp3) is 0.667. The molecule has 0 radical (unpaired) electrons. The second kappa shape index (κ2) is 45.9. The number of hydrogen-bond acceptors (Lipinski definition) is 6. The first kappa shape index (κ1) is 57.4. The molecule has 0 bridgehead atoms. The maximum Gasteiger partial charge on any atom is 0.472 e. The minimum Gasteiger partial charge on any atom is -0.387 e. The Morgan fingerprint density at radius 1 is 0.567 bits per heavy atom. The lowest BCUT2D eigenvalue weighted by molar-refractivity contribution is -0.123. The Kier molecular flexibility index (Phi) is 44.0. The maximum absolute atomic E-state index is 12.8. The van der Waals surface area contributed by atoms with Crippen LogP contribution in [0.2, 0.25) is 0 Å². The van der Waals surface area contributed by atoms with Gasteiger partial charge in [-0.25, -0.2) is 4.57 Å². The number of rotatable bonds is 43. The highest BCUT2D eigenvalue weighted by Gasteiger charge is 2.26. The molecule has 0 saturated carbocycles. The van der Waals surface area contributed by atoms with Gasteiger partial charge in [-0.05, 0) is 89.9 Å². The van der Waals surface area contributed by atoms with E-state index in [0.29, 0.717) is 6.42 Å². The van der Waals surface area contributed by atoms with Crippen LogP contribution in [0.15, 0.2) is 97.2 Å². The molecule has 5 N–H and O–H groups in total. The van der Waals surface area contributed by atoms with E-state index in [4.69, 9.17) is 14.8 Å². The van der Waals surface area contributed by atoms with E-state index >= 15 is 0 Å². The Hall–Kier alpha value is -2.58. The van der Waals surface area contributed by atoms with Crippen LogP contribution < -0.4 is 11.1 Å². The first-order valence-corrected chi connectivity index (χ1v) is 25.4. The molecule has 344 valence electrons. The minimum atomic E-state index is -4.37. The lowest BCUT2D eigenvalue weighted by atomic mass is 10.1. The second-order valence-electron chi connectivity index (χ2n) is 15.6. The zero-order chi connectivity index (χ0) is 43.9. The highest BCUT2D eigenvalue weighted by molar-refractivity contribution is 7.47. The van der Waals surface area contributed by atoms with Gasteiger partial charge in [-0.1, -0.05) is 188 Å². The molecule has 0 saturated heterocycles. The lowest BCUT2D eigenvalue weighted by Crippen LogP contribution is -2.45. The SMILES string of the molecule is CC/C=C\C/C=C\C/C=C\C/C=C\C/C=C\CCCCCCCC(=O)NC(COP(=O)(O)OCCN)C(O)/C=C/CC/C=C/CC/C=C/CCCCCCCCCCCC. The number of nitrogens with one attached hydrogen (secondary N) is 1. The molecular formula is C51H89N2O6P. The van der Waals surface area contributed by atoms with E-state index in [1.54, 1.807) is 6.08 Å². The summed E-state index contributed by atoms with van der Waals surface area (Å²) >= 11 is 0. The highest BCUT2D eigenvalue weighted by Crippen LogP contribution is 2.43. The number of phosphoric ester groups is 1. The van der Waals surface area contributed by atoms with Crippen molar-refractivity contribution in [2.45, 2.75) is 199 Å². The maximum atomic E-state index is 12.8. The molecule has 9 heteroatoms. The van der Waals surface area contributed by atoms with Crippen LogP contribution in [-0.2, 0) is 18.4 Å². The summed E-state index contributed by atoms with van der Waals surface area (Å²) in [5.74, 6) is -0.231. The zero-order valence-corrected chi connectivity index (χ0v) is 39.1. The van der Waals surface area contributed by atoms with Crippen LogP contribution in [0, 0.1) is 0 Å². The van der Waals surface area contributed by atoms with Gasteiger partial charge >= 0.3 is 7.82 Å². The van der Waals surface area contributed by atoms with E-state index in [1.807, 2.05) is 6.08 Å². The van der Waals surface area contributed by atoms with Gasteiger partial charge in [0.05, 0.1) is 25.4 Å². The van der Waals surface area contributed by atoms with E-state index < -0.39 is 20.0 Å². The van der Waals surface area contributed by atoms with Gasteiger partial charge in [-0.3, -0.25) is 13.8 Å². The Balaban J connectivity index is 4.30. The Labute approximate surface area is 368 Å². The molecule has 0 heterocycles. The molecule has 8 nitrogen and oxygen atoms in total. The van der Waals surface area contributed by atoms with Gasteiger partial charge in [0, 0.05) is 13.0 Å². The van der Waals surface area contributed by atoms with E-state index in [2.05, 4.69) is 104 Å². The number of nitrogens with two attached hydrogens (primary N) is 1. The smallest absolute Gasteiger partial charge is 0.387 e. The molecule has 0 aromatic carbocycles. The van der Waals surface area contributed by atoms with Crippen molar-refractivity contribution in [1.82, 2.24) is 5.32 Å². The Morgan fingerprint density at radius 2 is 0.983 bits per heavy atom. The molecule has 0 aliphatic heterocycles. The van der Waals surface area contributed by atoms with Gasteiger partial charge < -0.3 is 21.1 Å². The average Bonchev–Trinajstić information content (AvgIpc) is 3.24. The fourth-order valence-electron chi connectivity index (χ4n) is 6.31. The Bertz CT molecular complexity index is 1250. The number of unbranched alkanes of at least 4 members (excludes halogenated alkanes) is 17. The van der Waals surface area contributed by atoms with Crippen molar-refractivity contribution in [2.75, 3.05) is 19.8 Å². The monoisotopic (exact) mass is 857 g/mol. The van der Waals surface area contributed by atoms with E-state index in [0.717, 1.165) is 96.3 Å². The van der Waals surface area contributed by atoms with Crippen molar-refractivity contribution < 1.29 is 28.4 Å². The predicted molar refractivity (Wildman–Crippen MR) is 258 cm³/mol. The van der Waals surface area contributed by atoms with Crippen LogP contribution in [-0.4, -0.2) is 47.8 Å². The molecule has 0 rings (SSSR count). The average molecular weight is 857 g/mol. The minimum absolute atomic E-state index is 0.0629. The third-order valence-electron chi connectivity index (χ3n) is 9.87. The summed E-state index contributed by atoms with van der Waals surface area (Å²) in [5.41, 5.74) is 5.38. The summed E-state index contributed by atoms with van der Waals surface area (Å²) in [5, 5.41) is 13.7. The topological polar surface area (TPSA) is 131 Å².